The fourth-order valence-corrected chi connectivity index (χ4v) is 2.15. The van der Waals surface area contributed by atoms with E-state index in [2.05, 4.69) is 21.0 Å². The van der Waals surface area contributed by atoms with Crippen LogP contribution < -0.4 is 4.74 Å². The maximum Gasteiger partial charge on any atom is 0.328 e. The molecule has 0 fully saturated rings. The molecule has 0 spiro atoms. The number of aryl methyl sites for hydroxylation is 1. The minimum atomic E-state index is -0.999. The Hall–Kier alpha value is -2.08. The number of para-hydroxylation sites is 1. The van der Waals surface area contributed by atoms with Crippen molar-refractivity contribution in [3.63, 3.8) is 0 Å². The summed E-state index contributed by atoms with van der Waals surface area (Å²) in [5.41, 5.74) is 1.49. The number of aromatic nitrogens is 2. The third-order valence-corrected chi connectivity index (χ3v) is 3.16. The van der Waals surface area contributed by atoms with E-state index < -0.39 is 5.97 Å². The first kappa shape index (κ1) is 14.3. The molecule has 6 heteroatoms. The molecule has 0 radical (unpaired) electrons. The van der Waals surface area contributed by atoms with E-state index in [4.69, 9.17) is 9.84 Å². The molecule has 20 heavy (non-hydrogen) atoms. The highest BCUT2D eigenvalue weighted by molar-refractivity contribution is 9.10. The molecule has 1 aromatic carbocycles. The fourth-order valence-electron chi connectivity index (χ4n) is 1.66. The van der Waals surface area contributed by atoms with Crippen molar-refractivity contribution < 1.29 is 14.6 Å². The maximum absolute atomic E-state index is 10.6. The number of ether oxygens (including phenoxy) is 1. The van der Waals surface area contributed by atoms with Crippen molar-refractivity contribution in [2.24, 2.45) is 7.05 Å². The molecule has 1 aromatic heterocycles. The van der Waals surface area contributed by atoms with Crippen LogP contribution in [0.15, 0.2) is 41.0 Å². The average Bonchev–Trinajstić information content (AvgIpc) is 2.81. The van der Waals surface area contributed by atoms with Crippen LogP contribution in [0.1, 0.15) is 11.3 Å². The molecule has 2 aromatic rings. The number of rotatable bonds is 5. The van der Waals surface area contributed by atoms with E-state index in [1.807, 2.05) is 31.4 Å². The number of carboxylic acids is 1. The van der Waals surface area contributed by atoms with E-state index in [1.54, 1.807) is 10.7 Å². The molecule has 0 atom stereocenters. The zero-order valence-electron chi connectivity index (χ0n) is 10.8. The molecule has 0 bridgehead atoms. The summed E-state index contributed by atoms with van der Waals surface area (Å²) in [6.07, 6.45) is 4.42. The molecule has 0 aliphatic rings. The topological polar surface area (TPSA) is 64.3 Å². The lowest BCUT2D eigenvalue weighted by atomic mass is 10.2. The molecule has 1 heterocycles. The Morgan fingerprint density at radius 2 is 2.30 bits per heavy atom. The Labute approximate surface area is 124 Å². The Balaban J connectivity index is 2.19. The van der Waals surface area contributed by atoms with Crippen molar-refractivity contribution in [2.45, 2.75) is 6.61 Å². The Morgan fingerprint density at radius 1 is 1.50 bits per heavy atom. The van der Waals surface area contributed by atoms with Gasteiger partial charge in [0.25, 0.3) is 0 Å². The van der Waals surface area contributed by atoms with Gasteiger partial charge in [-0.3, -0.25) is 4.68 Å². The third-order valence-electron chi connectivity index (χ3n) is 2.54. The minimum absolute atomic E-state index is 0.317. The molecule has 0 saturated heterocycles. The fraction of sp³-hybridized carbons (Fsp3) is 0.143. The maximum atomic E-state index is 10.6. The zero-order valence-corrected chi connectivity index (χ0v) is 12.4. The largest absolute Gasteiger partial charge is 0.485 e. The van der Waals surface area contributed by atoms with E-state index in [0.29, 0.717) is 17.9 Å². The van der Waals surface area contributed by atoms with Gasteiger partial charge in [-0.15, -0.1) is 0 Å². The standard InChI is InChI=1S/C14H13BrN2O3/c1-17-8-7-11(16-17)9-20-14-10(5-6-13(18)19)3-2-4-12(14)15/h2-8H,9H2,1H3,(H,18,19)/b6-5+. The molecular formula is C14H13BrN2O3. The third kappa shape index (κ3) is 3.71. The van der Waals surface area contributed by atoms with Crippen molar-refractivity contribution in [1.82, 2.24) is 9.78 Å². The molecule has 0 saturated carbocycles. The summed E-state index contributed by atoms with van der Waals surface area (Å²) in [4.78, 5) is 10.6. The molecule has 1 N–H and O–H groups in total. The van der Waals surface area contributed by atoms with Crippen LogP contribution in [0.5, 0.6) is 5.75 Å². The van der Waals surface area contributed by atoms with Crippen LogP contribution in [0.25, 0.3) is 6.08 Å². The number of halogens is 1. The summed E-state index contributed by atoms with van der Waals surface area (Å²) in [6, 6.07) is 7.31. The first-order valence-electron chi connectivity index (χ1n) is 5.87. The molecule has 0 aliphatic heterocycles. The lowest BCUT2D eigenvalue weighted by Crippen LogP contribution is -2.00. The van der Waals surface area contributed by atoms with Crippen LogP contribution in [-0.2, 0) is 18.4 Å². The first-order valence-corrected chi connectivity index (χ1v) is 6.66. The van der Waals surface area contributed by atoms with Gasteiger partial charge in [0.15, 0.2) is 0 Å². The van der Waals surface area contributed by atoms with Crippen LogP contribution in [0.4, 0.5) is 0 Å². The molecular weight excluding hydrogens is 324 g/mol. The number of carboxylic acid groups (broad SMARTS) is 1. The van der Waals surface area contributed by atoms with Crippen LogP contribution in [0.3, 0.4) is 0 Å². The van der Waals surface area contributed by atoms with Crippen LogP contribution in [0, 0.1) is 0 Å². The van der Waals surface area contributed by atoms with Crippen molar-refractivity contribution >= 4 is 28.0 Å². The summed E-state index contributed by atoms with van der Waals surface area (Å²) < 4.78 is 8.20. The SMILES string of the molecule is Cn1ccc(COc2c(Br)cccc2/C=C/C(=O)O)n1. The Kier molecular flexibility index (Phi) is 4.57. The van der Waals surface area contributed by atoms with Crippen LogP contribution in [-0.4, -0.2) is 20.9 Å². The summed E-state index contributed by atoms with van der Waals surface area (Å²) >= 11 is 3.40. The van der Waals surface area contributed by atoms with E-state index in [0.717, 1.165) is 16.2 Å². The number of benzene rings is 1. The van der Waals surface area contributed by atoms with Gasteiger partial charge in [-0.05, 0) is 34.1 Å². The second-order valence-electron chi connectivity index (χ2n) is 4.10. The summed E-state index contributed by atoms with van der Waals surface area (Å²) in [5.74, 6) is -0.406. The Bertz CT molecular complexity index is 650. The van der Waals surface area contributed by atoms with Gasteiger partial charge in [-0.2, -0.15) is 5.10 Å². The molecule has 104 valence electrons. The van der Waals surface area contributed by atoms with Crippen LogP contribution in [0.2, 0.25) is 0 Å². The molecule has 0 aliphatic carbocycles. The smallest absolute Gasteiger partial charge is 0.328 e. The van der Waals surface area contributed by atoms with Gasteiger partial charge in [0.05, 0.1) is 10.2 Å². The second-order valence-corrected chi connectivity index (χ2v) is 4.95. The molecule has 2 rings (SSSR count). The highest BCUT2D eigenvalue weighted by Gasteiger charge is 2.07. The molecule has 0 unspecified atom stereocenters. The number of aliphatic carboxylic acids is 1. The summed E-state index contributed by atoms with van der Waals surface area (Å²) in [6.45, 7) is 0.317. The van der Waals surface area contributed by atoms with Crippen molar-refractivity contribution in [3.8, 4) is 5.75 Å². The van der Waals surface area contributed by atoms with Gasteiger partial charge >= 0.3 is 5.97 Å². The normalized spacial score (nSPS) is 10.9. The quantitative estimate of drug-likeness (QED) is 0.852. The predicted octanol–water partition coefficient (Wildman–Crippen LogP) is 2.86. The predicted molar refractivity (Wildman–Crippen MR) is 78.4 cm³/mol. The summed E-state index contributed by atoms with van der Waals surface area (Å²) in [7, 11) is 1.84. The highest BCUT2D eigenvalue weighted by Crippen LogP contribution is 2.30. The van der Waals surface area contributed by atoms with Gasteiger partial charge in [0.1, 0.15) is 12.4 Å². The number of hydrogen-bond donors (Lipinski definition) is 1. The lowest BCUT2D eigenvalue weighted by molar-refractivity contribution is -0.131. The van der Waals surface area contributed by atoms with Gasteiger partial charge in [0, 0.05) is 24.9 Å². The molecule has 0 amide bonds. The van der Waals surface area contributed by atoms with E-state index in [1.165, 1.54) is 6.08 Å². The van der Waals surface area contributed by atoms with Gasteiger partial charge in [-0.1, -0.05) is 12.1 Å². The second kappa shape index (κ2) is 6.38. The number of carbonyl (C=O) groups is 1. The minimum Gasteiger partial charge on any atom is -0.485 e. The summed E-state index contributed by atoms with van der Waals surface area (Å²) in [5, 5.41) is 12.9. The highest BCUT2D eigenvalue weighted by atomic mass is 79.9. The number of hydrogen-bond acceptors (Lipinski definition) is 3. The van der Waals surface area contributed by atoms with E-state index in [9.17, 15) is 4.79 Å². The van der Waals surface area contributed by atoms with E-state index in [-0.39, 0.29) is 0 Å². The van der Waals surface area contributed by atoms with Gasteiger partial charge in [-0.25, -0.2) is 4.79 Å². The van der Waals surface area contributed by atoms with Gasteiger partial charge in [0.2, 0.25) is 0 Å². The van der Waals surface area contributed by atoms with E-state index >= 15 is 0 Å². The average molecular weight is 337 g/mol. The van der Waals surface area contributed by atoms with Crippen molar-refractivity contribution in [2.75, 3.05) is 0 Å². The van der Waals surface area contributed by atoms with Crippen molar-refractivity contribution in [1.29, 1.82) is 0 Å². The van der Waals surface area contributed by atoms with Crippen LogP contribution >= 0.6 is 15.9 Å². The lowest BCUT2D eigenvalue weighted by Gasteiger charge is -2.10. The monoisotopic (exact) mass is 336 g/mol. The number of nitrogens with zero attached hydrogens (tertiary/aromatic N) is 2. The van der Waals surface area contributed by atoms with Gasteiger partial charge < -0.3 is 9.84 Å². The zero-order chi connectivity index (χ0) is 14.5. The first-order chi connectivity index (χ1) is 9.56. The Morgan fingerprint density at radius 3 is 2.95 bits per heavy atom. The van der Waals surface area contributed by atoms with Crippen molar-refractivity contribution in [3.05, 3.63) is 52.3 Å². The molecule has 5 nitrogen and oxygen atoms in total.